The normalized spacial score (nSPS) is 12.9. The average Bonchev–Trinajstić information content (AvgIpc) is 3.70. The minimum atomic E-state index is -0.120. The van der Waals surface area contributed by atoms with Crippen LogP contribution in [0.15, 0.2) is 192 Å². The van der Waals surface area contributed by atoms with Crippen molar-refractivity contribution in [3.05, 3.63) is 199 Å². The summed E-state index contributed by atoms with van der Waals surface area (Å²) in [6, 6.07) is 67.9. The van der Waals surface area contributed by atoms with E-state index in [-0.39, 0.29) is 5.41 Å². The lowest BCUT2D eigenvalue weighted by Crippen LogP contribution is -2.15. The van der Waals surface area contributed by atoms with Crippen LogP contribution in [-0.2, 0) is 5.41 Å². The van der Waals surface area contributed by atoms with Gasteiger partial charge in [0.25, 0.3) is 0 Å². The standard InChI is InChI=1S/C51H37NO/c1-51(2)46-30-28-40(33-45(46)50-42(17-11-18-47(50)51)38-14-7-4-8-15-38)52(41-29-31-49-44(32-41)43-16-9-10-19-48(43)53-49)39-26-24-37(25-27-39)36-22-20-35(21-23-36)34-12-5-3-6-13-34/h3-33H,1-2H3. The summed E-state index contributed by atoms with van der Waals surface area (Å²) >= 11 is 0. The van der Waals surface area contributed by atoms with Gasteiger partial charge >= 0.3 is 0 Å². The highest BCUT2D eigenvalue weighted by molar-refractivity contribution is 6.06. The first kappa shape index (κ1) is 31.1. The Labute approximate surface area is 310 Å². The summed E-state index contributed by atoms with van der Waals surface area (Å²) in [5.74, 6) is 0. The van der Waals surface area contributed by atoms with E-state index in [2.05, 4.69) is 195 Å². The van der Waals surface area contributed by atoms with Gasteiger partial charge in [0.1, 0.15) is 11.2 Å². The lowest BCUT2D eigenvalue weighted by atomic mass is 9.82. The van der Waals surface area contributed by atoms with Gasteiger partial charge in [-0.1, -0.05) is 153 Å². The number of nitrogens with zero attached hydrogens (tertiary/aromatic N) is 1. The van der Waals surface area contributed by atoms with Crippen molar-refractivity contribution in [3.8, 4) is 44.5 Å². The number of rotatable bonds is 6. The van der Waals surface area contributed by atoms with Crippen LogP contribution >= 0.6 is 0 Å². The van der Waals surface area contributed by atoms with Gasteiger partial charge in [-0.25, -0.2) is 0 Å². The van der Waals surface area contributed by atoms with Crippen molar-refractivity contribution >= 4 is 39.0 Å². The molecular weight excluding hydrogens is 643 g/mol. The molecule has 9 aromatic rings. The summed E-state index contributed by atoms with van der Waals surface area (Å²) < 4.78 is 6.26. The summed E-state index contributed by atoms with van der Waals surface area (Å²) in [7, 11) is 0. The van der Waals surface area contributed by atoms with Gasteiger partial charge in [0, 0.05) is 33.2 Å². The molecule has 0 saturated heterocycles. The maximum Gasteiger partial charge on any atom is 0.135 e. The van der Waals surface area contributed by atoms with Crippen molar-refractivity contribution in [2.45, 2.75) is 19.3 Å². The molecule has 0 aliphatic heterocycles. The molecule has 53 heavy (non-hydrogen) atoms. The highest BCUT2D eigenvalue weighted by Gasteiger charge is 2.37. The molecule has 1 aliphatic rings. The first-order valence-corrected chi connectivity index (χ1v) is 18.3. The molecule has 252 valence electrons. The minimum Gasteiger partial charge on any atom is -0.456 e. The van der Waals surface area contributed by atoms with E-state index in [1.165, 1.54) is 55.6 Å². The zero-order chi connectivity index (χ0) is 35.5. The van der Waals surface area contributed by atoms with E-state index in [1.807, 2.05) is 12.1 Å². The fourth-order valence-electron chi connectivity index (χ4n) is 8.38. The molecule has 0 bridgehead atoms. The lowest BCUT2D eigenvalue weighted by Gasteiger charge is -2.27. The minimum absolute atomic E-state index is 0.120. The van der Waals surface area contributed by atoms with Crippen molar-refractivity contribution < 1.29 is 4.42 Å². The van der Waals surface area contributed by atoms with Crippen LogP contribution in [0.5, 0.6) is 0 Å². The SMILES string of the molecule is CC1(C)c2ccc(N(c3ccc(-c4ccc(-c5ccccc5)cc4)cc3)c3ccc4oc5ccccc5c4c3)cc2-c2c(-c3ccccc3)cccc21. The summed E-state index contributed by atoms with van der Waals surface area (Å²) in [4.78, 5) is 2.39. The molecule has 10 rings (SSSR count). The Hall–Kier alpha value is -6.64. The highest BCUT2D eigenvalue weighted by atomic mass is 16.3. The Morgan fingerprint density at radius 1 is 0.377 bits per heavy atom. The third-order valence-electron chi connectivity index (χ3n) is 11.1. The summed E-state index contributed by atoms with van der Waals surface area (Å²) in [6.07, 6.45) is 0. The zero-order valence-corrected chi connectivity index (χ0v) is 29.8. The number of hydrogen-bond donors (Lipinski definition) is 0. The van der Waals surface area contributed by atoms with Crippen molar-refractivity contribution in [2.24, 2.45) is 0 Å². The van der Waals surface area contributed by atoms with E-state index < -0.39 is 0 Å². The smallest absolute Gasteiger partial charge is 0.135 e. The Kier molecular flexibility index (Phi) is 7.19. The van der Waals surface area contributed by atoms with Gasteiger partial charge in [-0.15, -0.1) is 0 Å². The molecule has 0 radical (unpaired) electrons. The Morgan fingerprint density at radius 3 is 1.64 bits per heavy atom. The lowest BCUT2D eigenvalue weighted by molar-refractivity contribution is 0.660. The molecule has 1 heterocycles. The molecule has 0 saturated carbocycles. The molecule has 2 heteroatoms. The average molecular weight is 680 g/mol. The van der Waals surface area contributed by atoms with Gasteiger partial charge in [0.05, 0.1) is 0 Å². The number of para-hydroxylation sites is 1. The number of hydrogen-bond acceptors (Lipinski definition) is 2. The second-order valence-electron chi connectivity index (χ2n) is 14.6. The summed E-state index contributed by atoms with van der Waals surface area (Å²) in [5, 5.41) is 2.23. The Morgan fingerprint density at radius 2 is 0.925 bits per heavy atom. The number of anilines is 3. The van der Waals surface area contributed by atoms with Gasteiger partial charge in [0.2, 0.25) is 0 Å². The number of furan rings is 1. The molecule has 0 atom stereocenters. The largest absolute Gasteiger partial charge is 0.456 e. The van der Waals surface area contributed by atoms with Crippen molar-refractivity contribution in [2.75, 3.05) is 4.90 Å². The molecular formula is C51H37NO. The predicted octanol–water partition coefficient (Wildman–Crippen LogP) is 14.4. The topological polar surface area (TPSA) is 16.4 Å². The van der Waals surface area contributed by atoms with E-state index in [4.69, 9.17) is 4.42 Å². The third kappa shape index (κ3) is 5.18. The molecule has 2 nitrogen and oxygen atoms in total. The van der Waals surface area contributed by atoms with Crippen LogP contribution in [0.4, 0.5) is 17.1 Å². The van der Waals surface area contributed by atoms with Gasteiger partial charge < -0.3 is 9.32 Å². The quantitative estimate of drug-likeness (QED) is 0.174. The van der Waals surface area contributed by atoms with Gasteiger partial charge in [0.15, 0.2) is 0 Å². The van der Waals surface area contributed by atoms with Crippen LogP contribution in [-0.4, -0.2) is 0 Å². The maximum absolute atomic E-state index is 6.26. The Bertz CT molecular complexity index is 2780. The van der Waals surface area contributed by atoms with Crippen molar-refractivity contribution in [1.82, 2.24) is 0 Å². The zero-order valence-electron chi connectivity index (χ0n) is 29.8. The second-order valence-corrected chi connectivity index (χ2v) is 14.6. The van der Waals surface area contributed by atoms with Crippen LogP contribution in [0.2, 0.25) is 0 Å². The summed E-state index contributed by atoms with van der Waals surface area (Å²) in [5.41, 5.74) is 17.6. The highest BCUT2D eigenvalue weighted by Crippen LogP contribution is 2.54. The van der Waals surface area contributed by atoms with Crippen LogP contribution < -0.4 is 4.90 Å². The molecule has 0 unspecified atom stereocenters. The van der Waals surface area contributed by atoms with Gasteiger partial charge in [-0.2, -0.15) is 0 Å². The van der Waals surface area contributed by atoms with Crippen LogP contribution in [0.1, 0.15) is 25.0 Å². The molecule has 0 fully saturated rings. The van der Waals surface area contributed by atoms with E-state index in [0.29, 0.717) is 0 Å². The number of fused-ring (bicyclic) bond motifs is 6. The van der Waals surface area contributed by atoms with Crippen LogP contribution in [0.3, 0.4) is 0 Å². The van der Waals surface area contributed by atoms with E-state index in [9.17, 15) is 0 Å². The van der Waals surface area contributed by atoms with Gasteiger partial charge in [-0.3, -0.25) is 0 Å². The fraction of sp³-hybridized carbons (Fsp3) is 0.0588. The van der Waals surface area contributed by atoms with Gasteiger partial charge in [-0.05, 0) is 104 Å². The third-order valence-corrected chi connectivity index (χ3v) is 11.1. The molecule has 1 aliphatic carbocycles. The van der Waals surface area contributed by atoms with Crippen LogP contribution in [0, 0.1) is 0 Å². The van der Waals surface area contributed by atoms with E-state index >= 15 is 0 Å². The fourth-order valence-corrected chi connectivity index (χ4v) is 8.38. The molecule has 0 N–H and O–H groups in total. The summed E-state index contributed by atoms with van der Waals surface area (Å²) in [6.45, 7) is 4.71. The van der Waals surface area contributed by atoms with Crippen LogP contribution in [0.25, 0.3) is 66.4 Å². The maximum atomic E-state index is 6.26. The first-order chi connectivity index (χ1) is 26.0. The molecule has 0 amide bonds. The Balaban J connectivity index is 1.12. The number of benzene rings is 8. The van der Waals surface area contributed by atoms with E-state index in [1.54, 1.807) is 0 Å². The van der Waals surface area contributed by atoms with Crippen molar-refractivity contribution in [1.29, 1.82) is 0 Å². The second kappa shape index (κ2) is 12.3. The molecule has 8 aromatic carbocycles. The monoisotopic (exact) mass is 679 g/mol. The molecule has 0 spiro atoms. The molecule has 1 aromatic heterocycles. The van der Waals surface area contributed by atoms with E-state index in [0.717, 1.165) is 39.0 Å². The van der Waals surface area contributed by atoms with Crippen molar-refractivity contribution in [3.63, 3.8) is 0 Å². The predicted molar refractivity (Wildman–Crippen MR) is 222 cm³/mol. The first-order valence-electron chi connectivity index (χ1n) is 18.3.